The van der Waals surface area contributed by atoms with Crippen molar-refractivity contribution < 1.29 is 4.79 Å². The van der Waals surface area contributed by atoms with Crippen molar-refractivity contribution in [2.24, 2.45) is 0 Å². The maximum atomic E-state index is 12.2. The van der Waals surface area contributed by atoms with Crippen LogP contribution in [0.3, 0.4) is 0 Å². The molecule has 0 aliphatic carbocycles. The Morgan fingerprint density at radius 3 is 2.48 bits per heavy atom. The van der Waals surface area contributed by atoms with Crippen molar-refractivity contribution in [1.29, 1.82) is 0 Å². The lowest BCUT2D eigenvalue weighted by atomic mass is 10.2. The molecule has 1 amide bonds. The maximum absolute atomic E-state index is 12.2. The molecule has 2 heterocycles. The fraction of sp³-hybridized carbons (Fsp3) is 0.0667. The summed E-state index contributed by atoms with van der Waals surface area (Å²) in [4.78, 5) is 16.5. The molecule has 0 unspecified atom stereocenters. The molecule has 0 aliphatic rings. The van der Waals surface area contributed by atoms with Gasteiger partial charge in [-0.05, 0) is 31.2 Å². The van der Waals surface area contributed by atoms with Crippen LogP contribution in [0.25, 0.3) is 5.82 Å². The predicted molar refractivity (Wildman–Crippen MR) is 78.3 cm³/mol. The summed E-state index contributed by atoms with van der Waals surface area (Å²) in [6, 6.07) is 12.8. The van der Waals surface area contributed by atoms with E-state index in [-0.39, 0.29) is 5.91 Å². The van der Waals surface area contributed by atoms with Crippen LogP contribution in [-0.2, 0) is 0 Å². The highest BCUT2D eigenvalue weighted by atomic mass is 16.1. The van der Waals surface area contributed by atoms with E-state index in [2.05, 4.69) is 20.5 Å². The van der Waals surface area contributed by atoms with E-state index in [1.54, 1.807) is 22.8 Å². The van der Waals surface area contributed by atoms with Crippen LogP contribution in [0.2, 0.25) is 0 Å². The molecule has 6 nitrogen and oxygen atoms in total. The molecule has 0 fully saturated rings. The zero-order valence-corrected chi connectivity index (χ0v) is 11.4. The number of carbonyl (C=O) groups excluding carboxylic acids is 1. The molecule has 0 saturated carbocycles. The molecule has 0 aliphatic heterocycles. The minimum absolute atomic E-state index is 0.256. The topological polar surface area (TPSA) is 72.7 Å². The van der Waals surface area contributed by atoms with Crippen LogP contribution in [0.15, 0.2) is 55.1 Å². The summed E-state index contributed by atoms with van der Waals surface area (Å²) >= 11 is 0. The lowest BCUT2D eigenvalue weighted by Gasteiger charge is -2.06. The molecule has 1 N–H and O–H groups in total. The number of pyridine rings is 1. The van der Waals surface area contributed by atoms with Gasteiger partial charge in [0.1, 0.15) is 24.2 Å². The van der Waals surface area contributed by atoms with Gasteiger partial charge in [-0.3, -0.25) is 9.36 Å². The first-order valence-electron chi connectivity index (χ1n) is 6.42. The number of rotatable bonds is 3. The van der Waals surface area contributed by atoms with Gasteiger partial charge < -0.3 is 5.32 Å². The van der Waals surface area contributed by atoms with Crippen LogP contribution >= 0.6 is 0 Å². The number of nitrogens with one attached hydrogen (secondary N) is 1. The Morgan fingerprint density at radius 1 is 1.05 bits per heavy atom. The summed E-state index contributed by atoms with van der Waals surface area (Å²) in [6.45, 7) is 2.00. The summed E-state index contributed by atoms with van der Waals surface area (Å²) < 4.78 is 1.64. The summed E-state index contributed by atoms with van der Waals surface area (Å²) in [5.74, 6) is 0.338. The number of hydrogen-bond acceptors (Lipinski definition) is 4. The highest BCUT2D eigenvalue weighted by molar-refractivity contribution is 6.02. The molecule has 0 spiro atoms. The molecule has 0 atom stereocenters. The fourth-order valence-electron chi connectivity index (χ4n) is 1.84. The number of benzene rings is 1. The minimum Gasteiger partial charge on any atom is -0.321 e. The molecule has 104 valence electrons. The van der Waals surface area contributed by atoms with Gasteiger partial charge >= 0.3 is 0 Å². The Bertz CT molecular complexity index is 750. The molecule has 2 aromatic heterocycles. The van der Waals surface area contributed by atoms with Crippen LogP contribution < -0.4 is 5.32 Å². The number of anilines is 1. The predicted octanol–water partition coefficient (Wildman–Crippen LogP) is 2.22. The molecule has 21 heavy (non-hydrogen) atoms. The number of aromatic nitrogens is 4. The van der Waals surface area contributed by atoms with Crippen molar-refractivity contribution in [2.75, 3.05) is 5.32 Å². The zero-order valence-electron chi connectivity index (χ0n) is 11.4. The standard InChI is InChI=1S/C15H13N5O/c1-11-5-7-12(8-6-11)18-15(21)13-3-2-4-14(19-13)20-9-16-17-10-20/h2-10H,1H3,(H,18,21). The van der Waals surface area contributed by atoms with Gasteiger partial charge in [-0.1, -0.05) is 23.8 Å². The average Bonchev–Trinajstić information content (AvgIpc) is 3.04. The third-order valence-corrected chi connectivity index (χ3v) is 2.96. The first-order valence-corrected chi connectivity index (χ1v) is 6.42. The highest BCUT2D eigenvalue weighted by Gasteiger charge is 2.09. The van der Waals surface area contributed by atoms with E-state index in [0.29, 0.717) is 11.5 Å². The Balaban J connectivity index is 1.81. The van der Waals surface area contributed by atoms with Gasteiger partial charge in [-0.25, -0.2) is 4.98 Å². The summed E-state index contributed by atoms with van der Waals surface area (Å²) in [7, 11) is 0. The van der Waals surface area contributed by atoms with E-state index in [1.807, 2.05) is 31.2 Å². The van der Waals surface area contributed by atoms with Crippen LogP contribution in [0.5, 0.6) is 0 Å². The van der Waals surface area contributed by atoms with Crippen LogP contribution in [0, 0.1) is 6.92 Å². The first kappa shape index (κ1) is 13.0. The summed E-state index contributed by atoms with van der Waals surface area (Å²) in [6.07, 6.45) is 3.06. The largest absolute Gasteiger partial charge is 0.321 e. The summed E-state index contributed by atoms with van der Waals surface area (Å²) in [5, 5.41) is 10.3. The van der Waals surface area contributed by atoms with Gasteiger partial charge in [-0.15, -0.1) is 10.2 Å². The molecule has 0 saturated heterocycles. The second-order valence-electron chi connectivity index (χ2n) is 4.57. The van der Waals surface area contributed by atoms with E-state index in [1.165, 1.54) is 12.7 Å². The SMILES string of the molecule is Cc1ccc(NC(=O)c2cccc(-n3cnnc3)n2)cc1. The average molecular weight is 279 g/mol. The van der Waals surface area contributed by atoms with Crippen molar-refractivity contribution >= 4 is 11.6 Å². The van der Waals surface area contributed by atoms with Crippen molar-refractivity contribution in [1.82, 2.24) is 19.7 Å². The van der Waals surface area contributed by atoms with Gasteiger partial charge in [0.05, 0.1) is 0 Å². The van der Waals surface area contributed by atoms with Crippen molar-refractivity contribution in [3.05, 3.63) is 66.4 Å². The second-order valence-corrected chi connectivity index (χ2v) is 4.57. The van der Waals surface area contributed by atoms with Gasteiger partial charge in [0.25, 0.3) is 5.91 Å². The third kappa shape index (κ3) is 2.94. The smallest absolute Gasteiger partial charge is 0.274 e. The molecule has 3 rings (SSSR count). The lowest BCUT2D eigenvalue weighted by molar-refractivity contribution is 0.102. The maximum Gasteiger partial charge on any atom is 0.274 e. The quantitative estimate of drug-likeness (QED) is 0.798. The van der Waals surface area contributed by atoms with E-state index >= 15 is 0 Å². The normalized spacial score (nSPS) is 10.3. The van der Waals surface area contributed by atoms with Gasteiger partial charge in [0.15, 0.2) is 0 Å². The number of aryl methyl sites for hydroxylation is 1. The van der Waals surface area contributed by atoms with E-state index in [0.717, 1.165) is 11.3 Å². The van der Waals surface area contributed by atoms with Crippen molar-refractivity contribution in [2.45, 2.75) is 6.92 Å². The monoisotopic (exact) mass is 279 g/mol. The molecule has 0 bridgehead atoms. The first-order chi connectivity index (χ1) is 10.2. The Kier molecular flexibility index (Phi) is 3.42. The number of amides is 1. The Morgan fingerprint density at radius 2 is 1.76 bits per heavy atom. The third-order valence-electron chi connectivity index (χ3n) is 2.96. The number of hydrogen-bond donors (Lipinski definition) is 1. The van der Waals surface area contributed by atoms with Crippen LogP contribution in [0.4, 0.5) is 5.69 Å². The lowest BCUT2D eigenvalue weighted by Crippen LogP contribution is -2.14. The van der Waals surface area contributed by atoms with Gasteiger partial charge in [0.2, 0.25) is 0 Å². The van der Waals surface area contributed by atoms with Crippen LogP contribution in [-0.4, -0.2) is 25.7 Å². The molecular formula is C15H13N5O. The molecule has 1 aromatic carbocycles. The molecule has 6 heteroatoms. The summed E-state index contributed by atoms with van der Waals surface area (Å²) in [5.41, 5.74) is 2.21. The van der Waals surface area contributed by atoms with E-state index in [9.17, 15) is 4.79 Å². The second kappa shape index (κ2) is 5.54. The minimum atomic E-state index is -0.256. The Labute approximate surface area is 121 Å². The fourth-order valence-corrected chi connectivity index (χ4v) is 1.84. The molecule has 0 radical (unpaired) electrons. The van der Waals surface area contributed by atoms with Gasteiger partial charge in [-0.2, -0.15) is 0 Å². The van der Waals surface area contributed by atoms with E-state index in [4.69, 9.17) is 0 Å². The van der Waals surface area contributed by atoms with Crippen molar-refractivity contribution in [3.8, 4) is 5.82 Å². The molecule has 3 aromatic rings. The highest BCUT2D eigenvalue weighted by Crippen LogP contribution is 2.11. The number of carbonyl (C=O) groups is 1. The Hall–Kier alpha value is -3.02. The van der Waals surface area contributed by atoms with Crippen molar-refractivity contribution in [3.63, 3.8) is 0 Å². The van der Waals surface area contributed by atoms with Gasteiger partial charge in [0, 0.05) is 5.69 Å². The zero-order chi connectivity index (χ0) is 14.7. The van der Waals surface area contributed by atoms with E-state index < -0.39 is 0 Å². The number of nitrogens with zero attached hydrogens (tertiary/aromatic N) is 4. The molecular weight excluding hydrogens is 266 g/mol. The van der Waals surface area contributed by atoms with Crippen LogP contribution in [0.1, 0.15) is 16.1 Å².